The van der Waals surface area contributed by atoms with E-state index in [0.29, 0.717) is 5.56 Å². The molecule has 1 aliphatic rings. The Morgan fingerprint density at radius 3 is 2.50 bits per heavy atom. The molecule has 0 saturated carbocycles. The molecule has 3 unspecified atom stereocenters. The molecule has 1 saturated heterocycles. The van der Waals surface area contributed by atoms with Gasteiger partial charge in [0.25, 0.3) is 5.91 Å². The van der Waals surface area contributed by atoms with E-state index in [1.54, 1.807) is 6.07 Å². The number of amides is 2. The zero-order chi connectivity index (χ0) is 23.2. The smallest absolute Gasteiger partial charge is 0.255 e. The molecule has 0 radical (unpaired) electrons. The van der Waals surface area contributed by atoms with Gasteiger partial charge in [-0.15, -0.1) is 0 Å². The Labute approximate surface area is 199 Å². The molecular weight excluding hydrogens is 598 g/mol. The van der Waals surface area contributed by atoms with Crippen molar-refractivity contribution in [2.24, 2.45) is 5.18 Å². The van der Waals surface area contributed by atoms with Crippen LogP contribution in [0, 0.1) is 4.91 Å². The summed E-state index contributed by atoms with van der Waals surface area (Å²) in [5, 5.41) is 42.7. The van der Waals surface area contributed by atoms with Gasteiger partial charge in [0.2, 0.25) is 12.2 Å². The third-order valence-electron chi connectivity index (χ3n) is 4.23. The molecule has 3 atom stereocenters. The Balaban J connectivity index is 0.00000311. The monoisotopic (exact) mass is 627 g/mol. The maximum Gasteiger partial charge on any atom is 0.255 e. The third-order valence-corrected chi connectivity index (χ3v) is 4.23. The third kappa shape index (κ3) is 10.1. The minimum atomic E-state index is -0.874. The summed E-state index contributed by atoms with van der Waals surface area (Å²) in [6.07, 6.45) is -1.76. The number of hydrogen-bond acceptors (Lipinski definition) is 10. The van der Waals surface area contributed by atoms with E-state index in [2.05, 4.69) is 15.8 Å². The van der Waals surface area contributed by atoms with Crippen molar-refractivity contribution in [3.05, 3.63) is 34.2 Å². The number of nitroso groups, excluding NO2 is 1. The van der Waals surface area contributed by atoms with Gasteiger partial charge in [0.15, 0.2) is 0 Å². The molecule has 13 heteroatoms. The first-order valence-electron chi connectivity index (χ1n) is 9.60. The molecule has 0 bridgehead atoms. The first-order valence-corrected chi connectivity index (χ1v) is 9.60. The molecule has 12 nitrogen and oxygen atoms in total. The number of rotatable bonds is 10. The van der Waals surface area contributed by atoms with Crippen LogP contribution in [-0.2, 0) is 37.2 Å². The number of ether oxygens (including phenoxy) is 2. The van der Waals surface area contributed by atoms with Gasteiger partial charge in [-0.05, 0) is 17.7 Å². The van der Waals surface area contributed by atoms with Gasteiger partial charge in [-0.2, -0.15) is 4.91 Å². The standard InChI is InChI=1S/C18H25N3O8.CH4O.W/c22-9-11-1-2-15(29-17-7-12(24)6-13(28-17)8-21-27)14(5-11)18(26)20-4-3-19-16(25)10-23;1-2;/h1-2,5,12-13,17,22-24H,3-4,6-10H2,(H,19,25)(H,20,26);2H,1H3;. The van der Waals surface area contributed by atoms with E-state index in [1.165, 1.54) is 12.1 Å². The summed E-state index contributed by atoms with van der Waals surface area (Å²) in [6.45, 7) is -0.803. The van der Waals surface area contributed by atoms with Gasteiger partial charge in [-0.25, -0.2) is 0 Å². The van der Waals surface area contributed by atoms with Gasteiger partial charge < -0.3 is 40.5 Å². The van der Waals surface area contributed by atoms with Crippen LogP contribution in [0.15, 0.2) is 23.4 Å². The first-order chi connectivity index (χ1) is 15.0. The molecule has 0 spiro atoms. The summed E-state index contributed by atoms with van der Waals surface area (Å²) in [5.74, 6) is -0.884. The maximum absolute atomic E-state index is 12.5. The molecule has 1 aromatic rings. The molecule has 0 aromatic heterocycles. The van der Waals surface area contributed by atoms with Crippen molar-refractivity contribution in [1.82, 2.24) is 10.6 Å². The van der Waals surface area contributed by atoms with Crippen molar-refractivity contribution in [3.8, 4) is 5.75 Å². The van der Waals surface area contributed by atoms with Crippen LogP contribution in [0.1, 0.15) is 28.8 Å². The molecule has 1 aromatic carbocycles. The molecular formula is C19H29N3O9W. The largest absolute Gasteiger partial charge is 0.464 e. The number of aliphatic hydroxyl groups excluding tert-OH is 4. The van der Waals surface area contributed by atoms with Crippen molar-refractivity contribution in [2.75, 3.05) is 33.4 Å². The van der Waals surface area contributed by atoms with E-state index in [1.807, 2.05) is 0 Å². The summed E-state index contributed by atoms with van der Waals surface area (Å²) < 4.78 is 11.3. The van der Waals surface area contributed by atoms with E-state index >= 15 is 0 Å². The molecule has 2 rings (SSSR count). The van der Waals surface area contributed by atoms with Gasteiger partial charge in [-0.1, -0.05) is 11.2 Å². The molecule has 1 heterocycles. The molecule has 32 heavy (non-hydrogen) atoms. The molecule has 0 aliphatic carbocycles. The minimum absolute atomic E-state index is 0. The Bertz CT molecular complexity index is 723. The number of hydrogen-bond donors (Lipinski definition) is 6. The van der Waals surface area contributed by atoms with E-state index in [9.17, 15) is 24.7 Å². The number of benzene rings is 1. The summed E-state index contributed by atoms with van der Waals surface area (Å²) in [4.78, 5) is 34.0. The summed E-state index contributed by atoms with van der Waals surface area (Å²) >= 11 is 0. The second-order valence-electron chi connectivity index (χ2n) is 6.49. The van der Waals surface area contributed by atoms with Crippen LogP contribution in [-0.4, -0.2) is 84.1 Å². The zero-order valence-corrected chi connectivity index (χ0v) is 20.5. The van der Waals surface area contributed by atoms with Gasteiger partial charge in [0, 0.05) is 54.1 Å². The summed E-state index contributed by atoms with van der Waals surface area (Å²) in [6, 6.07) is 4.54. The molecule has 6 N–H and O–H groups in total. The molecule has 180 valence electrons. The Kier molecular flexibility index (Phi) is 15.6. The van der Waals surface area contributed by atoms with Crippen LogP contribution in [0.25, 0.3) is 0 Å². The number of nitrogens with zero attached hydrogens (tertiary/aromatic N) is 1. The predicted molar refractivity (Wildman–Crippen MR) is 108 cm³/mol. The fraction of sp³-hybridized carbons (Fsp3) is 0.579. The Morgan fingerprint density at radius 2 is 1.88 bits per heavy atom. The fourth-order valence-electron chi connectivity index (χ4n) is 2.85. The van der Waals surface area contributed by atoms with Gasteiger partial charge in [0.1, 0.15) is 18.9 Å². The van der Waals surface area contributed by atoms with Crippen LogP contribution in [0.3, 0.4) is 0 Å². The van der Waals surface area contributed by atoms with E-state index in [-0.39, 0.29) is 71.5 Å². The normalized spacial score (nSPS) is 19.5. The summed E-state index contributed by atoms with van der Waals surface area (Å²) in [5.41, 5.74) is 0.627. The SMILES string of the molecule is CO.O=NCC1CC(O)CC(Oc2ccc(CO)cc2C(=O)NCCNC(=O)CO)O1.[W]. The van der Waals surface area contributed by atoms with Gasteiger partial charge in [0.05, 0.1) is 24.4 Å². The summed E-state index contributed by atoms with van der Waals surface area (Å²) in [7, 11) is 1.00. The molecule has 1 aliphatic heterocycles. The topological polar surface area (TPSA) is 187 Å². The number of carbonyl (C=O) groups excluding carboxylic acids is 2. The minimum Gasteiger partial charge on any atom is -0.464 e. The fourth-order valence-corrected chi connectivity index (χ4v) is 2.85. The van der Waals surface area contributed by atoms with Crippen molar-refractivity contribution >= 4 is 11.8 Å². The van der Waals surface area contributed by atoms with Crippen LogP contribution in [0.2, 0.25) is 0 Å². The van der Waals surface area contributed by atoms with E-state index < -0.39 is 36.9 Å². The van der Waals surface area contributed by atoms with Crippen LogP contribution < -0.4 is 15.4 Å². The number of aliphatic hydroxyl groups is 4. The quantitative estimate of drug-likeness (QED) is 0.135. The van der Waals surface area contributed by atoms with Crippen molar-refractivity contribution in [1.29, 1.82) is 0 Å². The van der Waals surface area contributed by atoms with Crippen molar-refractivity contribution in [3.63, 3.8) is 0 Å². The van der Waals surface area contributed by atoms with Gasteiger partial charge in [-0.3, -0.25) is 9.59 Å². The van der Waals surface area contributed by atoms with E-state index in [4.69, 9.17) is 19.7 Å². The van der Waals surface area contributed by atoms with Crippen molar-refractivity contribution in [2.45, 2.75) is 37.9 Å². The average molecular weight is 627 g/mol. The Hall–Kier alpha value is -1.95. The molecule has 1 fully saturated rings. The second kappa shape index (κ2) is 16.6. The Morgan fingerprint density at radius 1 is 1.19 bits per heavy atom. The molecule has 2 amide bonds. The predicted octanol–water partition coefficient (Wildman–Crippen LogP) is -1.37. The maximum atomic E-state index is 12.5. The van der Waals surface area contributed by atoms with Gasteiger partial charge >= 0.3 is 0 Å². The zero-order valence-electron chi connectivity index (χ0n) is 17.6. The van der Waals surface area contributed by atoms with Crippen molar-refractivity contribution < 1.29 is 60.6 Å². The first kappa shape index (κ1) is 30.0. The average Bonchev–Trinajstić information content (AvgIpc) is 2.77. The van der Waals surface area contributed by atoms with Crippen LogP contribution >= 0.6 is 0 Å². The number of nitrogens with one attached hydrogen (secondary N) is 2. The number of carbonyl (C=O) groups is 2. The second-order valence-corrected chi connectivity index (χ2v) is 6.49. The van der Waals surface area contributed by atoms with E-state index in [0.717, 1.165) is 7.11 Å². The van der Waals surface area contributed by atoms with Crippen LogP contribution in [0.4, 0.5) is 0 Å². The van der Waals surface area contributed by atoms with Crippen LogP contribution in [0.5, 0.6) is 5.75 Å².